The summed E-state index contributed by atoms with van der Waals surface area (Å²) in [6.07, 6.45) is 4.42. The van der Waals surface area contributed by atoms with Crippen LogP contribution in [-0.2, 0) is 6.42 Å². The summed E-state index contributed by atoms with van der Waals surface area (Å²) in [4.78, 5) is 19.0. The van der Waals surface area contributed by atoms with Gasteiger partial charge < -0.3 is 4.90 Å². The van der Waals surface area contributed by atoms with E-state index in [9.17, 15) is 4.79 Å². The minimum absolute atomic E-state index is 0.104. The maximum Gasteiger partial charge on any atom is 0.263 e. The third-order valence-corrected chi connectivity index (χ3v) is 4.48. The van der Waals surface area contributed by atoms with Crippen molar-refractivity contribution in [3.63, 3.8) is 0 Å². The Morgan fingerprint density at radius 2 is 2.05 bits per heavy atom. The van der Waals surface area contributed by atoms with Crippen molar-refractivity contribution in [2.45, 2.75) is 13.3 Å². The molecule has 1 amide bonds. The highest BCUT2D eigenvalue weighted by atomic mass is 79.9. The van der Waals surface area contributed by atoms with Crippen molar-refractivity contribution in [1.29, 1.82) is 0 Å². The molecule has 100 valence electrons. The Bertz CT molecular complexity index is 541. The van der Waals surface area contributed by atoms with E-state index in [4.69, 9.17) is 0 Å². The first-order valence-corrected chi connectivity index (χ1v) is 7.75. The van der Waals surface area contributed by atoms with E-state index in [0.717, 1.165) is 28.2 Å². The standard InChI is InChI=1S/C14H15BrN2OS/c1-2-17(10-7-11-5-8-16-9-6-11)14(18)12-3-4-13(15)19-12/h3-6,8-9H,2,7,10H2,1H3. The number of hydrogen-bond donors (Lipinski definition) is 0. The van der Waals surface area contributed by atoms with Crippen LogP contribution < -0.4 is 0 Å². The molecule has 0 unspecified atom stereocenters. The molecule has 19 heavy (non-hydrogen) atoms. The fourth-order valence-electron chi connectivity index (χ4n) is 1.80. The molecule has 2 aromatic heterocycles. The zero-order chi connectivity index (χ0) is 13.7. The Hall–Kier alpha value is -1.20. The van der Waals surface area contributed by atoms with Gasteiger partial charge in [-0.05, 0) is 59.1 Å². The molecule has 2 aromatic rings. The molecule has 0 spiro atoms. The zero-order valence-corrected chi connectivity index (χ0v) is 13.1. The van der Waals surface area contributed by atoms with E-state index < -0.39 is 0 Å². The van der Waals surface area contributed by atoms with Gasteiger partial charge in [-0.2, -0.15) is 0 Å². The third kappa shape index (κ3) is 3.88. The summed E-state index contributed by atoms with van der Waals surface area (Å²) in [5.74, 6) is 0.104. The molecular weight excluding hydrogens is 324 g/mol. The van der Waals surface area contributed by atoms with Crippen molar-refractivity contribution in [1.82, 2.24) is 9.88 Å². The number of rotatable bonds is 5. The number of thiophene rings is 1. The molecule has 0 saturated carbocycles. The van der Waals surface area contributed by atoms with Gasteiger partial charge in [0.25, 0.3) is 5.91 Å². The summed E-state index contributed by atoms with van der Waals surface area (Å²) in [5, 5.41) is 0. The topological polar surface area (TPSA) is 33.2 Å². The molecule has 3 nitrogen and oxygen atoms in total. The van der Waals surface area contributed by atoms with Crippen molar-refractivity contribution in [2.24, 2.45) is 0 Å². The molecular formula is C14H15BrN2OS. The lowest BCUT2D eigenvalue weighted by molar-refractivity contribution is 0.0771. The van der Waals surface area contributed by atoms with Crippen LogP contribution in [0.25, 0.3) is 0 Å². The molecule has 0 aliphatic rings. The predicted octanol–water partition coefficient (Wildman–Crippen LogP) is 3.61. The van der Waals surface area contributed by atoms with E-state index in [2.05, 4.69) is 20.9 Å². The molecule has 0 N–H and O–H groups in total. The molecule has 0 radical (unpaired) electrons. The molecule has 0 atom stereocenters. The minimum Gasteiger partial charge on any atom is -0.338 e. The number of amides is 1. The van der Waals surface area contributed by atoms with Gasteiger partial charge >= 0.3 is 0 Å². The van der Waals surface area contributed by atoms with Crippen LogP contribution >= 0.6 is 27.3 Å². The number of halogens is 1. The smallest absolute Gasteiger partial charge is 0.263 e. The molecule has 0 saturated heterocycles. The SMILES string of the molecule is CCN(CCc1ccncc1)C(=O)c1ccc(Br)s1. The van der Waals surface area contributed by atoms with Crippen LogP contribution in [0, 0.1) is 0 Å². The quantitative estimate of drug-likeness (QED) is 0.834. The molecule has 0 bridgehead atoms. The van der Waals surface area contributed by atoms with Crippen LogP contribution in [0.1, 0.15) is 22.2 Å². The average Bonchev–Trinajstić information content (AvgIpc) is 2.87. The Kier molecular flexibility index (Phi) is 5.10. The van der Waals surface area contributed by atoms with Gasteiger partial charge in [0.15, 0.2) is 0 Å². The number of hydrogen-bond acceptors (Lipinski definition) is 3. The fourth-order valence-corrected chi connectivity index (χ4v) is 3.16. The van der Waals surface area contributed by atoms with Crippen LogP contribution in [0.15, 0.2) is 40.4 Å². The van der Waals surface area contributed by atoms with Gasteiger partial charge in [0.05, 0.1) is 8.66 Å². The third-order valence-electron chi connectivity index (χ3n) is 2.87. The van der Waals surface area contributed by atoms with Gasteiger partial charge in [0.2, 0.25) is 0 Å². The summed E-state index contributed by atoms with van der Waals surface area (Å²) in [6.45, 7) is 3.46. The molecule has 0 aromatic carbocycles. The number of nitrogens with zero attached hydrogens (tertiary/aromatic N) is 2. The summed E-state index contributed by atoms with van der Waals surface area (Å²) in [7, 11) is 0. The van der Waals surface area contributed by atoms with Crippen molar-refractivity contribution in [3.8, 4) is 0 Å². The number of likely N-dealkylation sites (N-methyl/N-ethyl adjacent to an activating group) is 1. The average molecular weight is 339 g/mol. The van der Waals surface area contributed by atoms with Crippen LogP contribution in [-0.4, -0.2) is 28.9 Å². The van der Waals surface area contributed by atoms with Crippen LogP contribution in [0.3, 0.4) is 0 Å². The number of aromatic nitrogens is 1. The highest BCUT2D eigenvalue weighted by Crippen LogP contribution is 2.23. The highest BCUT2D eigenvalue weighted by molar-refractivity contribution is 9.11. The summed E-state index contributed by atoms with van der Waals surface area (Å²) in [6, 6.07) is 7.75. The molecule has 5 heteroatoms. The van der Waals surface area contributed by atoms with Crippen molar-refractivity contribution >= 4 is 33.2 Å². The Labute approximate surface area is 125 Å². The van der Waals surface area contributed by atoms with Crippen LogP contribution in [0.5, 0.6) is 0 Å². The van der Waals surface area contributed by atoms with Gasteiger partial charge in [-0.15, -0.1) is 11.3 Å². The molecule has 0 aliphatic carbocycles. The molecule has 0 fully saturated rings. The second-order valence-corrected chi connectivity index (χ2v) is 6.56. The summed E-state index contributed by atoms with van der Waals surface area (Å²) >= 11 is 4.86. The predicted molar refractivity (Wildman–Crippen MR) is 81.5 cm³/mol. The Morgan fingerprint density at radius 3 is 2.63 bits per heavy atom. The first kappa shape index (κ1) is 14.2. The lowest BCUT2D eigenvalue weighted by Gasteiger charge is -2.20. The van der Waals surface area contributed by atoms with Crippen LogP contribution in [0.2, 0.25) is 0 Å². The number of pyridine rings is 1. The van der Waals surface area contributed by atoms with E-state index in [0.29, 0.717) is 0 Å². The lowest BCUT2D eigenvalue weighted by atomic mass is 10.2. The van der Waals surface area contributed by atoms with E-state index in [-0.39, 0.29) is 5.91 Å². The number of carbonyl (C=O) groups is 1. The maximum absolute atomic E-state index is 12.3. The van der Waals surface area contributed by atoms with Gasteiger partial charge in [-0.1, -0.05) is 0 Å². The second-order valence-electron chi connectivity index (χ2n) is 4.09. The van der Waals surface area contributed by atoms with Crippen LogP contribution in [0.4, 0.5) is 0 Å². The Morgan fingerprint density at radius 1 is 1.32 bits per heavy atom. The molecule has 0 aliphatic heterocycles. The summed E-state index contributed by atoms with van der Waals surface area (Å²) < 4.78 is 0.987. The Balaban J connectivity index is 1.98. The van der Waals surface area contributed by atoms with Gasteiger partial charge in [0.1, 0.15) is 0 Å². The molecule has 2 heterocycles. The first-order valence-electron chi connectivity index (χ1n) is 6.14. The normalized spacial score (nSPS) is 10.4. The van der Waals surface area contributed by atoms with Gasteiger partial charge in [0, 0.05) is 25.5 Å². The summed E-state index contributed by atoms with van der Waals surface area (Å²) in [5.41, 5.74) is 1.20. The second kappa shape index (κ2) is 6.82. The minimum atomic E-state index is 0.104. The van der Waals surface area contributed by atoms with Crippen molar-refractivity contribution < 1.29 is 4.79 Å². The van der Waals surface area contributed by atoms with Crippen molar-refractivity contribution in [3.05, 3.63) is 50.9 Å². The highest BCUT2D eigenvalue weighted by Gasteiger charge is 2.15. The fraction of sp³-hybridized carbons (Fsp3) is 0.286. The van der Waals surface area contributed by atoms with E-state index >= 15 is 0 Å². The van der Waals surface area contributed by atoms with E-state index in [1.54, 1.807) is 12.4 Å². The number of carbonyl (C=O) groups excluding carboxylic acids is 1. The van der Waals surface area contributed by atoms with Gasteiger partial charge in [-0.3, -0.25) is 9.78 Å². The molecule has 2 rings (SSSR count). The zero-order valence-electron chi connectivity index (χ0n) is 10.7. The van der Waals surface area contributed by atoms with Gasteiger partial charge in [-0.25, -0.2) is 0 Å². The first-order chi connectivity index (χ1) is 9.20. The lowest BCUT2D eigenvalue weighted by Crippen LogP contribution is -2.32. The van der Waals surface area contributed by atoms with E-state index in [1.807, 2.05) is 36.1 Å². The maximum atomic E-state index is 12.3. The monoisotopic (exact) mass is 338 g/mol. The van der Waals surface area contributed by atoms with Crippen molar-refractivity contribution in [2.75, 3.05) is 13.1 Å². The largest absolute Gasteiger partial charge is 0.338 e. The van der Waals surface area contributed by atoms with E-state index in [1.165, 1.54) is 16.9 Å².